The Bertz CT molecular complexity index is 1600. The Kier molecular flexibility index (Phi) is 8.99. The highest BCUT2D eigenvalue weighted by Crippen LogP contribution is 2.35. The first-order valence-electron chi connectivity index (χ1n) is 13.8. The molecule has 6 nitrogen and oxygen atoms in total. The maximum atomic E-state index is 4.42. The number of benzene rings is 6. The molecule has 0 heterocycles. The molecule has 6 rings (SSSR count). The van der Waals surface area contributed by atoms with E-state index in [2.05, 4.69) is 67.1 Å². The van der Waals surface area contributed by atoms with Gasteiger partial charge in [-0.3, -0.25) is 0 Å². The monoisotopic (exact) mass is 574 g/mol. The molecule has 43 heavy (non-hydrogen) atoms. The van der Waals surface area contributed by atoms with Crippen molar-refractivity contribution >= 4 is 58.0 Å². The van der Waals surface area contributed by atoms with Gasteiger partial charge in [0.25, 0.3) is 0 Å². The molecule has 0 radical (unpaired) electrons. The van der Waals surface area contributed by atoms with Crippen molar-refractivity contribution in [2.24, 2.45) is 30.7 Å². The fourth-order valence-electron chi connectivity index (χ4n) is 4.28. The first-order chi connectivity index (χ1) is 21.3. The second-order valence-electron chi connectivity index (χ2n) is 9.49. The molecular formula is C36H27N6P. The van der Waals surface area contributed by atoms with E-state index < -0.39 is 7.92 Å². The van der Waals surface area contributed by atoms with E-state index in [1.165, 1.54) is 15.9 Å². The van der Waals surface area contributed by atoms with Crippen LogP contribution in [0.2, 0.25) is 0 Å². The number of hydrogen-bond acceptors (Lipinski definition) is 6. The standard InChI is InChI=1S/C36H27N6P/c1-4-10-28(11-5-1)37-40-31-16-22-34(23-17-31)43(35-24-18-32(19-25-35)41-38-29-12-6-2-7-13-29)36-26-20-33(21-27-36)42-39-30-14-8-3-9-15-30/h1-27H. The van der Waals surface area contributed by atoms with E-state index in [9.17, 15) is 0 Å². The van der Waals surface area contributed by atoms with Crippen molar-refractivity contribution in [1.29, 1.82) is 0 Å². The molecule has 0 atom stereocenters. The topological polar surface area (TPSA) is 74.2 Å². The molecule has 0 aliphatic carbocycles. The molecule has 0 amide bonds. The third kappa shape index (κ3) is 7.64. The van der Waals surface area contributed by atoms with Gasteiger partial charge in [0.2, 0.25) is 0 Å². The number of rotatable bonds is 9. The van der Waals surface area contributed by atoms with Gasteiger partial charge in [0.05, 0.1) is 34.1 Å². The molecule has 0 saturated heterocycles. The molecule has 206 valence electrons. The van der Waals surface area contributed by atoms with Crippen molar-refractivity contribution in [3.05, 3.63) is 164 Å². The van der Waals surface area contributed by atoms with Gasteiger partial charge in [0.15, 0.2) is 0 Å². The average Bonchev–Trinajstić information content (AvgIpc) is 3.09. The van der Waals surface area contributed by atoms with Crippen LogP contribution in [0.3, 0.4) is 0 Å². The molecule has 0 fully saturated rings. The number of hydrogen-bond donors (Lipinski definition) is 0. The molecule has 0 aliphatic rings. The molecule has 0 aliphatic heterocycles. The highest BCUT2D eigenvalue weighted by molar-refractivity contribution is 7.79. The molecule has 0 saturated carbocycles. The lowest BCUT2D eigenvalue weighted by molar-refractivity contribution is 1.23. The minimum atomic E-state index is -0.859. The third-order valence-electron chi connectivity index (χ3n) is 6.44. The van der Waals surface area contributed by atoms with E-state index in [4.69, 9.17) is 0 Å². The molecular weight excluding hydrogens is 547 g/mol. The zero-order valence-electron chi connectivity index (χ0n) is 23.2. The van der Waals surface area contributed by atoms with Gasteiger partial charge in [-0.15, -0.1) is 0 Å². The van der Waals surface area contributed by atoms with Crippen molar-refractivity contribution < 1.29 is 0 Å². The van der Waals surface area contributed by atoms with Gasteiger partial charge in [-0.1, -0.05) is 91.0 Å². The normalized spacial score (nSPS) is 12.3. The van der Waals surface area contributed by atoms with E-state index in [1.807, 2.05) is 127 Å². The summed E-state index contributed by atoms with van der Waals surface area (Å²) >= 11 is 0. The molecule has 6 aromatic carbocycles. The lowest BCUT2D eigenvalue weighted by Gasteiger charge is -2.19. The predicted molar refractivity (Wildman–Crippen MR) is 177 cm³/mol. The van der Waals surface area contributed by atoms with Crippen LogP contribution >= 0.6 is 7.92 Å². The van der Waals surface area contributed by atoms with Crippen LogP contribution in [0.15, 0.2) is 194 Å². The zero-order chi connectivity index (χ0) is 29.1. The Balaban J connectivity index is 1.28. The second-order valence-corrected chi connectivity index (χ2v) is 11.7. The van der Waals surface area contributed by atoms with Crippen LogP contribution in [-0.2, 0) is 0 Å². The highest BCUT2D eigenvalue weighted by atomic mass is 31.1. The summed E-state index contributed by atoms with van der Waals surface area (Å²) in [5.41, 5.74) is 4.87. The van der Waals surface area contributed by atoms with Crippen LogP contribution in [0.5, 0.6) is 0 Å². The van der Waals surface area contributed by atoms with Crippen LogP contribution in [0.25, 0.3) is 0 Å². The van der Waals surface area contributed by atoms with Gasteiger partial charge in [-0.05, 0) is 96.6 Å². The second kappa shape index (κ2) is 13.9. The maximum Gasteiger partial charge on any atom is 0.0857 e. The van der Waals surface area contributed by atoms with Crippen LogP contribution in [-0.4, -0.2) is 0 Å². The Morgan fingerprint density at radius 3 is 0.674 bits per heavy atom. The molecule has 0 bridgehead atoms. The minimum Gasteiger partial charge on any atom is -0.151 e. The summed E-state index contributed by atoms with van der Waals surface area (Å²) in [7, 11) is -0.859. The fraction of sp³-hybridized carbons (Fsp3) is 0. The van der Waals surface area contributed by atoms with E-state index in [-0.39, 0.29) is 0 Å². The SMILES string of the molecule is c1ccc(N=Nc2ccc(P(c3ccc(N=Nc4ccccc4)cc3)c3ccc(N=Nc4ccccc4)cc3)cc2)cc1. The molecule has 6 aromatic rings. The summed E-state index contributed by atoms with van der Waals surface area (Å²) in [5, 5.41) is 29.9. The summed E-state index contributed by atoms with van der Waals surface area (Å²) in [4.78, 5) is 0. The van der Waals surface area contributed by atoms with Crippen LogP contribution < -0.4 is 15.9 Å². The largest absolute Gasteiger partial charge is 0.151 e. The highest BCUT2D eigenvalue weighted by Gasteiger charge is 2.17. The summed E-state index contributed by atoms with van der Waals surface area (Å²) in [5.74, 6) is 0. The number of azo groups is 3. The first-order valence-corrected chi connectivity index (χ1v) is 15.2. The van der Waals surface area contributed by atoms with Gasteiger partial charge >= 0.3 is 0 Å². The third-order valence-corrected chi connectivity index (χ3v) is 8.88. The summed E-state index contributed by atoms with van der Waals surface area (Å²) in [6, 6.07) is 54.1. The lowest BCUT2D eigenvalue weighted by atomic mass is 10.3. The van der Waals surface area contributed by atoms with Gasteiger partial charge < -0.3 is 0 Å². The molecule has 7 heteroatoms. The summed E-state index contributed by atoms with van der Waals surface area (Å²) in [6.07, 6.45) is 0. The van der Waals surface area contributed by atoms with Gasteiger partial charge in [0, 0.05) is 0 Å². The zero-order valence-corrected chi connectivity index (χ0v) is 24.1. The van der Waals surface area contributed by atoms with Gasteiger partial charge in [-0.2, -0.15) is 30.7 Å². The minimum absolute atomic E-state index is 0.802. The summed E-state index contributed by atoms with van der Waals surface area (Å²) < 4.78 is 0. The van der Waals surface area contributed by atoms with Crippen molar-refractivity contribution in [1.82, 2.24) is 0 Å². The first kappa shape index (κ1) is 27.7. The average molecular weight is 575 g/mol. The van der Waals surface area contributed by atoms with Crippen LogP contribution in [0.1, 0.15) is 0 Å². The molecule has 0 spiro atoms. The van der Waals surface area contributed by atoms with Crippen molar-refractivity contribution in [3.8, 4) is 0 Å². The lowest BCUT2D eigenvalue weighted by Crippen LogP contribution is -2.20. The van der Waals surface area contributed by atoms with E-state index in [0.29, 0.717) is 0 Å². The van der Waals surface area contributed by atoms with Crippen molar-refractivity contribution in [2.75, 3.05) is 0 Å². The molecule has 0 aromatic heterocycles. The van der Waals surface area contributed by atoms with Crippen LogP contribution in [0.4, 0.5) is 34.1 Å². The Morgan fingerprint density at radius 1 is 0.233 bits per heavy atom. The maximum absolute atomic E-state index is 4.42. The van der Waals surface area contributed by atoms with Gasteiger partial charge in [-0.25, -0.2) is 0 Å². The van der Waals surface area contributed by atoms with Crippen LogP contribution in [0, 0.1) is 0 Å². The van der Waals surface area contributed by atoms with Crippen molar-refractivity contribution in [2.45, 2.75) is 0 Å². The Labute approximate surface area is 252 Å². The van der Waals surface area contributed by atoms with E-state index in [1.54, 1.807) is 0 Å². The van der Waals surface area contributed by atoms with E-state index >= 15 is 0 Å². The fourth-order valence-corrected chi connectivity index (χ4v) is 6.52. The van der Waals surface area contributed by atoms with E-state index in [0.717, 1.165) is 34.1 Å². The van der Waals surface area contributed by atoms with Gasteiger partial charge in [0.1, 0.15) is 0 Å². The molecule has 0 unspecified atom stereocenters. The summed E-state index contributed by atoms with van der Waals surface area (Å²) in [6.45, 7) is 0. The van der Waals surface area contributed by atoms with Crippen molar-refractivity contribution in [3.63, 3.8) is 0 Å². The quantitative estimate of drug-likeness (QED) is 0.122. The Hall–Kier alpha value is -5.45. The Morgan fingerprint density at radius 2 is 0.442 bits per heavy atom. The smallest absolute Gasteiger partial charge is 0.0857 e. The predicted octanol–water partition coefficient (Wildman–Crippen LogP) is 10.7. The number of nitrogens with zero attached hydrogens (tertiary/aromatic N) is 6. The molecule has 0 N–H and O–H groups in total.